The van der Waals surface area contributed by atoms with Gasteiger partial charge >= 0.3 is 5.97 Å². The van der Waals surface area contributed by atoms with Gasteiger partial charge in [-0.3, -0.25) is 4.79 Å². The highest BCUT2D eigenvalue weighted by atomic mass is 16.5. The molecule has 0 aromatic heterocycles. The molecule has 0 radical (unpaired) electrons. The maximum absolute atomic E-state index is 12.6. The fourth-order valence-electron chi connectivity index (χ4n) is 3.27. The van der Waals surface area contributed by atoms with E-state index < -0.39 is 0 Å². The maximum Gasteiger partial charge on any atom is 0.328 e. The van der Waals surface area contributed by atoms with E-state index in [0.717, 1.165) is 57.9 Å². The molecule has 0 aromatic rings. The number of amides is 1. The molecule has 2 aliphatic rings. The van der Waals surface area contributed by atoms with Crippen molar-refractivity contribution in [3.05, 3.63) is 0 Å². The molecule has 4 nitrogen and oxygen atoms in total. The first-order chi connectivity index (χ1) is 9.74. The van der Waals surface area contributed by atoms with Crippen LogP contribution < -0.4 is 0 Å². The van der Waals surface area contributed by atoms with Crippen LogP contribution in [0.5, 0.6) is 0 Å². The number of carbonyl (C=O) groups excluding carboxylic acids is 2. The Morgan fingerprint density at radius 1 is 1.10 bits per heavy atom. The van der Waals surface area contributed by atoms with Gasteiger partial charge in [0.1, 0.15) is 6.04 Å². The number of carbonyl (C=O) groups is 2. The Bertz CT molecular complexity index is 337. The lowest BCUT2D eigenvalue weighted by molar-refractivity contribution is -0.155. The number of nitrogens with zero attached hydrogens (tertiary/aromatic N) is 1. The molecule has 1 aliphatic carbocycles. The molecule has 1 unspecified atom stereocenters. The molecule has 2 fully saturated rings. The van der Waals surface area contributed by atoms with E-state index in [2.05, 4.69) is 6.92 Å². The lowest BCUT2D eigenvalue weighted by atomic mass is 9.88. The summed E-state index contributed by atoms with van der Waals surface area (Å²) < 4.78 is 5.30. The Morgan fingerprint density at radius 3 is 2.55 bits per heavy atom. The third kappa shape index (κ3) is 3.74. The smallest absolute Gasteiger partial charge is 0.328 e. The van der Waals surface area contributed by atoms with Crippen LogP contribution >= 0.6 is 0 Å². The van der Waals surface area contributed by atoms with Crippen molar-refractivity contribution >= 4 is 11.9 Å². The van der Waals surface area contributed by atoms with Crippen molar-refractivity contribution < 1.29 is 14.3 Å². The number of likely N-dealkylation sites (tertiary alicyclic amines) is 1. The first kappa shape index (κ1) is 15.3. The summed E-state index contributed by atoms with van der Waals surface area (Å²) in [5, 5.41) is 0. The van der Waals surface area contributed by atoms with E-state index in [9.17, 15) is 9.59 Å². The lowest BCUT2D eigenvalue weighted by Crippen LogP contribution is -2.44. The van der Waals surface area contributed by atoms with E-state index >= 15 is 0 Å². The molecule has 1 aliphatic heterocycles. The second-order valence-electron chi connectivity index (χ2n) is 6.05. The van der Waals surface area contributed by atoms with Crippen molar-refractivity contribution in [3.8, 4) is 0 Å². The Hall–Kier alpha value is -1.06. The quantitative estimate of drug-likeness (QED) is 0.575. The zero-order chi connectivity index (χ0) is 14.4. The first-order valence-corrected chi connectivity index (χ1v) is 8.21. The molecule has 1 saturated heterocycles. The van der Waals surface area contributed by atoms with Gasteiger partial charge in [0.2, 0.25) is 5.91 Å². The number of rotatable bonds is 5. The summed E-state index contributed by atoms with van der Waals surface area (Å²) >= 11 is 0. The maximum atomic E-state index is 12.6. The first-order valence-electron chi connectivity index (χ1n) is 8.21. The second kappa shape index (κ2) is 7.65. The normalized spacial score (nSPS) is 23.9. The van der Waals surface area contributed by atoms with E-state index in [4.69, 9.17) is 4.74 Å². The summed E-state index contributed by atoms with van der Waals surface area (Å²) in [7, 11) is 0. The van der Waals surface area contributed by atoms with Gasteiger partial charge < -0.3 is 9.64 Å². The van der Waals surface area contributed by atoms with Gasteiger partial charge in [0.25, 0.3) is 0 Å². The molecule has 1 amide bonds. The monoisotopic (exact) mass is 281 g/mol. The van der Waals surface area contributed by atoms with Crippen LogP contribution in [0.15, 0.2) is 0 Å². The summed E-state index contributed by atoms with van der Waals surface area (Å²) in [6.07, 6.45) is 9.13. The second-order valence-corrected chi connectivity index (χ2v) is 6.05. The molecule has 0 spiro atoms. The van der Waals surface area contributed by atoms with Crippen LogP contribution in [-0.2, 0) is 14.3 Å². The Morgan fingerprint density at radius 2 is 1.85 bits per heavy atom. The zero-order valence-corrected chi connectivity index (χ0v) is 12.6. The van der Waals surface area contributed by atoms with Crippen LogP contribution in [0.4, 0.5) is 0 Å². The summed E-state index contributed by atoms with van der Waals surface area (Å²) in [5.41, 5.74) is 0. The van der Waals surface area contributed by atoms with Gasteiger partial charge in [-0.05, 0) is 32.1 Å². The number of ether oxygens (including phenoxy) is 1. The molecule has 0 aromatic carbocycles. The van der Waals surface area contributed by atoms with Crippen LogP contribution in [0.1, 0.15) is 64.7 Å². The largest absolute Gasteiger partial charge is 0.464 e. The molecule has 4 heteroatoms. The molecular weight excluding hydrogens is 254 g/mol. The molecule has 114 valence electrons. The van der Waals surface area contributed by atoms with Crippen molar-refractivity contribution in [1.29, 1.82) is 0 Å². The highest BCUT2D eigenvalue weighted by Gasteiger charge is 2.38. The third-order valence-corrected chi connectivity index (χ3v) is 4.50. The van der Waals surface area contributed by atoms with Gasteiger partial charge in [-0.25, -0.2) is 4.79 Å². The standard InChI is InChI=1S/C16H27NO3/c1-2-3-12-20-16(19)14-10-7-11-17(14)15(18)13-8-5-4-6-9-13/h13-14H,2-12H2,1H3. The number of unbranched alkanes of at least 4 members (excludes halogenated alkanes) is 1. The molecule has 0 N–H and O–H groups in total. The highest BCUT2D eigenvalue weighted by molar-refractivity contribution is 5.86. The summed E-state index contributed by atoms with van der Waals surface area (Å²) in [4.78, 5) is 26.5. The minimum absolute atomic E-state index is 0.146. The van der Waals surface area contributed by atoms with E-state index in [1.54, 1.807) is 4.90 Å². The van der Waals surface area contributed by atoms with Crippen LogP contribution in [0.3, 0.4) is 0 Å². The van der Waals surface area contributed by atoms with Crippen molar-refractivity contribution in [3.63, 3.8) is 0 Å². The third-order valence-electron chi connectivity index (χ3n) is 4.50. The van der Waals surface area contributed by atoms with Crippen molar-refractivity contribution in [2.45, 2.75) is 70.8 Å². The van der Waals surface area contributed by atoms with Crippen molar-refractivity contribution in [2.75, 3.05) is 13.2 Å². The van der Waals surface area contributed by atoms with Gasteiger partial charge in [0, 0.05) is 12.5 Å². The van der Waals surface area contributed by atoms with E-state index in [0.29, 0.717) is 6.61 Å². The zero-order valence-electron chi connectivity index (χ0n) is 12.6. The fraction of sp³-hybridized carbons (Fsp3) is 0.875. The van der Waals surface area contributed by atoms with Crippen molar-refractivity contribution in [2.24, 2.45) is 5.92 Å². The van der Waals surface area contributed by atoms with Gasteiger partial charge in [-0.15, -0.1) is 0 Å². The van der Waals surface area contributed by atoms with Crippen molar-refractivity contribution in [1.82, 2.24) is 4.90 Å². The number of hydrogen-bond donors (Lipinski definition) is 0. The Labute approximate surface area is 121 Å². The van der Waals surface area contributed by atoms with E-state index in [1.165, 1.54) is 6.42 Å². The van der Waals surface area contributed by atoms with Crippen LogP contribution in [0.25, 0.3) is 0 Å². The molecule has 2 rings (SSSR count). The number of esters is 1. The number of hydrogen-bond acceptors (Lipinski definition) is 3. The van der Waals surface area contributed by atoms with Gasteiger partial charge in [-0.2, -0.15) is 0 Å². The molecule has 0 bridgehead atoms. The summed E-state index contributed by atoms with van der Waals surface area (Å²) in [5.74, 6) is 0.146. The Kier molecular flexibility index (Phi) is 5.86. The minimum atomic E-state index is -0.318. The average Bonchev–Trinajstić information content (AvgIpc) is 2.97. The molecule has 1 saturated carbocycles. The molecular formula is C16H27NO3. The Balaban J connectivity index is 1.88. The van der Waals surface area contributed by atoms with Crippen LogP contribution in [0.2, 0.25) is 0 Å². The van der Waals surface area contributed by atoms with Crippen LogP contribution in [0, 0.1) is 5.92 Å². The molecule has 1 atom stereocenters. The average molecular weight is 281 g/mol. The highest BCUT2D eigenvalue weighted by Crippen LogP contribution is 2.29. The lowest BCUT2D eigenvalue weighted by Gasteiger charge is -2.29. The summed E-state index contributed by atoms with van der Waals surface area (Å²) in [6, 6.07) is -0.318. The van der Waals surface area contributed by atoms with E-state index in [1.807, 2.05) is 0 Å². The summed E-state index contributed by atoms with van der Waals surface area (Å²) in [6.45, 7) is 3.28. The minimum Gasteiger partial charge on any atom is -0.464 e. The van der Waals surface area contributed by atoms with Gasteiger partial charge in [-0.1, -0.05) is 32.6 Å². The topological polar surface area (TPSA) is 46.6 Å². The van der Waals surface area contributed by atoms with E-state index in [-0.39, 0.29) is 23.8 Å². The molecule has 20 heavy (non-hydrogen) atoms. The van der Waals surface area contributed by atoms with Gasteiger partial charge in [0.05, 0.1) is 6.61 Å². The molecule has 1 heterocycles. The SMILES string of the molecule is CCCCOC(=O)C1CCCN1C(=O)C1CCCCC1. The predicted molar refractivity (Wildman–Crippen MR) is 77.2 cm³/mol. The fourth-order valence-corrected chi connectivity index (χ4v) is 3.27. The van der Waals surface area contributed by atoms with Crippen LogP contribution in [-0.4, -0.2) is 36.0 Å². The van der Waals surface area contributed by atoms with Gasteiger partial charge in [0.15, 0.2) is 0 Å². The predicted octanol–water partition coefficient (Wildman–Crippen LogP) is 2.90.